The molecular weight excluding hydrogens is 414 g/mol. The Morgan fingerprint density at radius 3 is 2.21 bits per heavy atom. The number of carbonyl (C=O) groups is 2. The maximum Gasteiger partial charge on any atom is 0.330 e. The van der Waals surface area contributed by atoms with Crippen molar-refractivity contribution >= 4 is 18.0 Å². The molecule has 5 nitrogen and oxygen atoms in total. The van der Waals surface area contributed by atoms with Gasteiger partial charge in [0.05, 0.1) is 13.5 Å². The van der Waals surface area contributed by atoms with E-state index in [1.165, 1.54) is 18.7 Å². The number of nitrogens with zero attached hydrogens (tertiary/aromatic N) is 1. The fraction of sp³-hybridized carbons (Fsp3) is 0.214. The second kappa shape index (κ2) is 12.2. The lowest BCUT2D eigenvalue weighted by molar-refractivity contribution is -0.134. The molecule has 0 bridgehead atoms. The zero-order valence-electron chi connectivity index (χ0n) is 19.1. The van der Waals surface area contributed by atoms with Crippen LogP contribution >= 0.6 is 0 Å². The largest absolute Gasteiger partial charge is 0.488 e. The molecule has 0 N–H and O–H groups in total. The highest BCUT2D eigenvalue weighted by molar-refractivity contribution is 5.87. The number of ether oxygens (including phenoxy) is 2. The van der Waals surface area contributed by atoms with Gasteiger partial charge in [-0.15, -0.1) is 0 Å². The lowest BCUT2D eigenvalue weighted by atomic mass is 10.1. The predicted molar refractivity (Wildman–Crippen MR) is 130 cm³/mol. The minimum absolute atomic E-state index is 0.0341. The predicted octanol–water partition coefficient (Wildman–Crippen LogP) is 4.70. The topological polar surface area (TPSA) is 55.8 Å². The summed E-state index contributed by atoms with van der Waals surface area (Å²) in [5.74, 6) is 0.213. The van der Waals surface area contributed by atoms with Crippen LogP contribution in [0.1, 0.15) is 22.3 Å². The third-order valence-electron chi connectivity index (χ3n) is 5.27. The van der Waals surface area contributed by atoms with Crippen LogP contribution in [0.4, 0.5) is 0 Å². The molecule has 0 aromatic heterocycles. The Labute approximate surface area is 195 Å². The summed E-state index contributed by atoms with van der Waals surface area (Å²) in [7, 11) is 3.15. The molecule has 0 fully saturated rings. The number of hydrogen-bond donors (Lipinski definition) is 0. The Bertz CT molecular complexity index is 1080. The Hall–Kier alpha value is -3.86. The number of esters is 1. The summed E-state index contributed by atoms with van der Waals surface area (Å²) in [6.07, 6.45) is 4.08. The first-order valence-corrected chi connectivity index (χ1v) is 10.9. The zero-order chi connectivity index (χ0) is 23.5. The van der Waals surface area contributed by atoms with Gasteiger partial charge >= 0.3 is 5.97 Å². The lowest BCUT2D eigenvalue weighted by Gasteiger charge is -2.18. The van der Waals surface area contributed by atoms with E-state index >= 15 is 0 Å². The minimum Gasteiger partial charge on any atom is -0.488 e. The van der Waals surface area contributed by atoms with E-state index < -0.39 is 5.97 Å². The number of amides is 1. The zero-order valence-corrected chi connectivity index (χ0v) is 19.1. The van der Waals surface area contributed by atoms with E-state index in [1.807, 2.05) is 73.8 Å². The molecule has 1 amide bonds. The average molecular weight is 444 g/mol. The standard InChI is InChI=1S/C28H29NO4/c1-29(18-17-22-9-5-3-6-10-22)27(30)20-24-13-15-26(25(19-24)14-16-28(31)32-2)33-21-23-11-7-4-8-12-23/h3-16,19H,17-18,20-21H2,1-2H3. The fourth-order valence-electron chi connectivity index (χ4n) is 3.31. The van der Waals surface area contributed by atoms with Crippen molar-refractivity contribution in [2.24, 2.45) is 0 Å². The molecule has 0 atom stereocenters. The van der Waals surface area contributed by atoms with Gasteiger partial charge in [-0.25, -0.2) is 4.79 Å². The first-order valence-electron chi connectivity index (χ1n) is 10.9. The van der Waals surface area contributed by atoms with Crippen LogP contribution in [0.25, 0.3) is 6.08 Å². The number of hydrogen-bond acceptors (Lipinski definition) is 4. The molecule has 3 rings (SSSR count). The number of carbonyl (C=O) groups excluding carboxylic acids is 2. The quantitative estimate of drug-likeness (QED) is 0.337. The maximum atomic E-state index is 12.8. The molecule has 0 unspecified atom stereocenters. The fourth-order valence-corrected chi connectivity index (χ4v) is 3.31. The van der Waals surface area contributed by atoms with E-state index in [0.29, 0.717) is 24.5 Å². The van der Waals surface area contributed by atoms with Crippen LogP contribution in [-0.4, -0.2) is 37.5 Å². The summed E-state index contributed by atoms with van der Waals surface area (Å²) in [6, 6.07) is 25.6. The molecule has 33 heavy (non-hydrogen) atoms. The third-order valence-corrected chi connectivity index (χ3v) is 5.27. The van der Waals surface area contributed by atoms with Gasteiger partial charge in [-0.05, 0) is 41.3 Å². The number of likely N-dealkylation sites (N-methyl/N-ethyl adjacent to an activating group) is 1. The number of rotatable bonds is 10. The molecule has 0 spiro atoms. The summed E-state index contributed by atoms with van der Waals surface area (Å²) >= 11 is 0. The van der Waals surface area contributed by atoms with Crippen LogP contribution in [0, 0.1) is 0 Å². The van der Waals surface area contributed by atoms with Crippen LogP contribution in [0.3, 0.4) is 0 Å². The van der Waals surface area contributed by atoms with Gasteiger partial charge in [-0.3, -0.25) is 4.79 Å². The normalized spacial score (nSPS) is 10.7. The number of benzene rings is 3. The summed E-state index contributed by atoms with van der Waals surface area (Å²) in [5.41, 5.74) is 3.81. The van der Waals surface area contributed by atoms with Crippen molar-refractivity contribution in [2.75, 3.05) is 20.7 Å². The van der Waals surface area contributed by atoms with Gasteiger partial charge in [0.2, 0.25) is 5.91 Å². The highest BCUT2D eigenvalue weighted by Gasteiger charge is 2.12. The van der Waals surface area contributed by atoms with E-state index in [9.17, 15) is 9.59 Å². The molecular formula is C28H29NO4. The van der Waals surface area contributed by atoms with Crippen LogP contribution in [0.2, 0.25) is 0 Å². The first kappa shape index (κ1) is 23.8. The van der Waals surface area contributed by atoms with Crippen molar-refractivity contribution in [3.8, 4) is 5.75 Å². The molecule has 5 heteroatoms. The molecule has 3 aromatic carbocycles. The molecule has 0 saturated heterocycles. The molecule has 0 aliphatic carbocycles. The molecule has 0 aliphatic rings. The van der Waals surface area contributed by atoms with Crippen molar-refractivity contribution in [1.82, 2.24) is 4.90 Å². The van der Waals surface area contributed by atoms with Gasteiger partial charge in [0, 0.05) is 25.2 Å². The first-order chi connectivity index (χ1) is 16.0. The smallest absolute Gasteiger partial charge is 0.330 e. The Morgan fingerprint density at radius 2 is 1.55 bits per heavy atom. The van der Waals surface area contributed by atoms with Gasteiger partial charge in [0.25, 0.3) is 0 Å². The van der Waals surface area contributed by atoms with Gasteiger partial charge in [-0.2, -0.15) is 0 Å². The monoisotopic (exact) mass is 443 g/mol. The van der Waals surface area contributed by atoms with Crippen molar-refractivity contribution < 1.29 is 19.1 Å². The van der Waals surface area contributed by atoms with Gasteiger partial charge in [0.1, 0.15) is 12.4 Å². The Kier molecular flexibility index (Phi) is 8.83. The van der Waals surface area contributed by atoms with Crippen LogP contribution in [0.5, 0.6) is 5.75 Å². The van der Waals surface area contributed by atoms with E-state index in [-0.39, 0.29) is 12.3 Å². The Morgan fingerprint density at radius 1 is 0.879 bits per heavy atom. The van der Waals surface area contributed by atoms with Gasteiger partial charge in [0.15, 0.2) is 0 Å². The SMILES string of the molecule is COC(=O)C=Cc1cc(CC(=O)N(C)CCc2ccccc2)ccc1OCc1ccccc1. The molecule has 0 radical (unpaired) electrons. The van der Waals surface area contributed by atoms with E-state index in [0.717, 1.165) is 17.5 Å². The second-order valence-corrected chi connectivity index (χ2v) is 7.73. The molecule has 0 saturated carbocycles. The highest BCUT2D eigenvalue weighted by Crippen LogP contribution is 2.24. The minimum atomic E-state index is -0.453. The van der Waals surface area contributed by atoms with Crippen LogP contribution in [0.15, 0.2) is 84.9 Å². The van der Waals surface area contributed by atoms with E-state index in [4.69, 9.17) is 9.47 Å². The van der Waals surface area contributed by atoms with Crippen molar-refractivity contribution in [3.05, 3.63) is 107 Å². The molecule has 170 valence electrons. The number of methoxy groups -OCH3 is 1. The summed E-state index contributed by atoms with van der Waals surface area (Å²) in [5, 5.41) is 0. The Balaban J connectivity index is 1.68. The maximum absolute atomic E-state index is 12.8. The van der Waals surface area contributed by atoms with E-state index in [2.05, 4.69) is 12.1 Å². The van der Waals surface area contributed by atoms with Crippen LogP contribution < -0.4 is 4.74 Å². The van der Waals surface area contributed by atoms with Crippen molar-refractivity contribution in [3.63, 3.8) is 0 Å². The van der Waals surface area contributed by atoms with Crippen molar-refractivity contribution in [2.45, 2.75) is 19.4 Å². The molecule has 0 aliphatic heterocycles. The van der Waals surface area contributed by atoms with Crippen LogP contribution in [-0.2, 0) is 33.8 Å². The van der Waals surface area contributed by atoms with Gasteiger partial charge < -0.3 is 14.4 Å². The van der Waals surface area contributed by atoms with Gasteiger partial charge in [-0.1, -0.05) is 66.7 Å². The molecule has 0 heterocycles. The second-order valence-electron chi connectivity index (χ2n) is 7.73. The summed E-state index contributed by atoms with van der Waals surface area (Å²) < 4.78 is 10.7. The third kappa shape index (κ3) is 7.65. The highest BCUT2D eigenvalue weighted by atomic mass is 16.5. The average Bonchev–Trinajstić information content (AvgIpc) is 2.86. The van der Waals surface area contributed by atoms with E-state index in [1.54, 1.807) is 11.0 Å². The molecule has 3 aromatic rings. The van der Waals surface area contributed by atoms with Crippen molar-refractivity contribution in [1.29, 1.82) is 0 Å². The summed E-state index contributed by atoms with van der Waals surface area (Å²) in [6.45, 7) is 1.05. The summed E-state index contributed by atoms with van der Waals surface area (Å²) in [4.78, 5) is 26.1. The lowest BCUT2D eigenvalue weighted by Crippen LogP contribution is -2.30.